The molecule has 0 aromatic carbocycles. The number of aliphatic carboxylic acids is 1. The number of esters is 1. The number of halogens is 1. The second-order valence-corrected chi connectivity index (χ2v) is 1.68. The molecule has 1 atom stereocenters. The van der Waals surface area contributed by atoms with E-state index in [1.54, 1.807) is 0 Å². The highest BCUT2D eigenvalue weighted by Gasteiger charge is 2.10. The molecular weight excluding hydrogens is 155 g/mol. The van der Waals surface area contributed by atoms with Crippen LogP contribution in [0.15, 0.2) is 12.3 Å². The topological polar surface area (TPSA) is 63.6 Å². The van der Waals surface area contributed by atoms with E-state index in [0.717, 1.165) is 6.92 Å². The van der Waals surface area contributed by atoms with E-state index in [1.165, 1.54) is 0 Å². The van der Waals surface area contributed by atoms with Crippen LogP contribution in [0.4, 0.5) is 4.39 Å². The van der Waals surface area contributed by atoms with Gasteiger partial charge in [0.25, 0.3) is 0 Å². The summed E-state index contributed by atoms with van der Waals surface area (Å²) in [6.45, 7) is 1.12. The van der Waals surface area contributed by atoms with Crippen molar-refractivity contribution in [1.82, 2.24) is 0 Å². The minimum atomic E-state index is -2.13. The number of hydrogen-bond acceptors (Lipinski definition) is 3. The summed E-state index contributed by atoms with van der Waals surface area (Å²) in [6.07, 6.45) is -0.792. The molecule has 0 heterocycles. The summed E-state index contributed by atoms with van der Waals surface area (Å²) in [7, 11) is 0. The lowest BCUT2D eigenvalue weighted by atomic mass is 10.4. The van der Waals surface area contributed by atoms with Crippen molar-refractivity contribution in [3.8, 4) is 0 Å². The Labute approximate surface area is 62.3 Å². The highest BCUT2D eigenvalue weighted by molar-refractivity contribution is 5.74. The van der Waals surface area contributed by atoms with E-state index in [0.29, 0.717) is 12.3 Å². The Morgan fingerprint density at radius 3 is 2.55 bits per heavy atom. The maximum atomic E-state index is 12.1. The van der Waals surface area contributed by atoms with Crippen LogP contribution in [0.3, 0.4) is 0 Å². The van der Waals surface area contributed by atoms with Gasteiger partial charge in [0.2, 0.25) is 6.17 Å². The first-order valence-corrected chi connectivity index (χ1v) is 2.75. The molecule has 0 aromatic rings. The van der Waals surface area contributed by atoms with Gasteiger partial charge in [-0.1, -0.05) is 0 Å². The van der Waals surface area contributed by atoms with Gasteiger partial charge in [0.1, 0.15) is 0 Å². The number of ether oxygens (including phenoxy) is 1. The lowest BCUT2D eigenvalue weighted by Crippen LogP contribution is -2.10. The van der Waals surface area contributed by atoms with E-state index in [-0.39, 0.29) is 0 Å². The highest BCUT2D eigenvalue weighted by Crippen LogP contribution is 1.93. The maximum Gasteiger partial charge on any atom is 0.342 e. The van der Waals surface area contributed by atoms with Crippen LogP contribution in [0.2, 0.25) is 0 Å². The van der Waals surface area contributed by atoms with E-state index >= 15 is 0 Å². The quantitative estimate of drug-likeness (QED) is 0.484. The van der Waals surface area contributed by atoms with Gasteiger partial charge in [-0.2, -0.15) is 0 Å². The number of hydrogen-bond donors (Lipinski definition) is 1. The fourth-order valence-electron chi connectivity index (χ4n) is 0.286. The molecule has 0 aromatic heterocycles. The fraction of sp³-hybridized carbons (Fsp3) is 0.333. The lowest BCUT2D eigenvalue weighted by Gasteiger charge is -1.93. The van der Waals surface area contributed by atoms with Crippen LogP contribution in [-0.2, 0) is 14.3 Å². The molecule has 0 fully saturated rings. The Balaban J connectivity index is 3.74. The molecule has 0 saturated carbocycles. The number of carbonyl (C=O) groups excluding carboxylic acids is 1. The normalized spacial score (nSPS) is 12.9. The Bertz CT molecular complexity index is 187. The van der Waals surface area contributed by atoms with Crippen LogP contribution in [0.25, 0.3) is 0 Å². The van der Waals surface area contributed by atoms with E-state index in [9.17, 15) is 14.0 Å². The largest absolute Gasteiger partial charge is 0.479 e. The van der Waals surface area contributed by atoms with Gasteiger partial charge in [-0.15, -0.1) is 0 Å². The van der Waals surface area contributed by atoms with Gasteiger partial charge in [0.15, 0.2) is 0 Å². The molecule has 5 heteroatoms. The SMILES string of the molecule is CC(=O)OC=CC(F)C(=O)O. The van der Waals surface area contributed by atoms with Crippen LogP contribution in [0, 0.1) is 0 Å². The third kappa shape index (κ3) is 5.07. The summed E-state index contributed by atoms with van der Waals surface area (Å²) in [5.41, 5.74) is 0. The average Bonchev–Trinajstić information content (AvgIpc) is 1.86. The minimum Gasteiger partial charge on any atom is -0.479 e. The zero-order valence-electron chi connectivity index (χ0n) is 5.78. The molecule has 1 N–H and O–H groups in total. The van der Waals surface area contributed by atoms with Crippen molar-refractivity contribution in [3.63, 3.8) is 0 Å². The predicted molar refractivity (Wildman–Crippen MR) is 33.4 cm³/mol. The zero-order chi connectivity index (χ0) is 8.85. The van der Waals surface area contributed by atoms with Crippen molar-refractivity contribution in [2.24, 2.45) is 0 Å². The van der Waals surface area contributed by atoms with Gasteiger partial charge >= 0.3 is 11.9 Å². The second kappa shape index (κ2) is 4.43. The number of carboxylic acid groups (broad SMARTS) is 1. The first kappa shape index (κ1) is 9.61. The molecule has 0 amide bonds. The summed E-state index contributed by atoms with van der Waals surface area (Å²) in [6, 6.07) is 0. The molecule has 1 unspecified atom stereocenters. The van der Waals surface area contributed by atoms with Crippen LogP contribution in [0.5, 0.6) is 0 Å². The van der Waals surface area contributed by atoms with E-state index < -0.39 is 18.1 Å². The van der Waals surface area contributed by atoms with Crippen LogP contribution in [-0.4, -0.2) is 23.2 Å². The summed E-state index contributed by atoms with van der Waals surface area (Å²) in [5.74, 6) is -2.24. The number of alkyl halides is 1. The van der Waals surface area contributed by atoms with Crippen molar-refractivity contribution >= 4 is 11.9 Å². The van der Waals surface area contributed by atoms with Crippen molar-refractivity contribution in [3.05, 3.63) is 12.3 Å². The van der Waals surface area contributed by atoms with Gasteiger partial charge in [0.05, 0.1) is 6.26 Å². The highest BCUT2D eigenvalue weighted by atomic mass is 19.1. The van der Waals surface area contributed by atoms with Crippen molar-refractivity contribution < 1.29 is 23.8 Å². The first-order chi connectivity index (χ1) is 5.04. The minimum absolute atomic E-state index is 0.626. The van der Waals surface area contributed by atoms with Gasteiger partial charge in [-0.25, -0.2) is 9.18 Å². The summed E-state index contributed by atoms with van der Waals surface area (Å²) >= 11 is 0. The fourth-order valence-corrected chi connectivity index (χ4v) is 0.286. The standard InChI is InChI=1S/C6H7FO4/c1-4(8)11-3-2-5(7)6(9)10/h2-3,5H,1H3,(H,9,10). The summed E-state index contributed by atoms with van der Waals surface area (Å²) in [4.78, 5) is 19.9. The van der Waals surface area contributed by atoms with Gasteiger partial charge in [-0.05, 0) is 6.08 Å². The lowest BCUT2D eigenvalue weighted by molar-refractivity contribution is -0.141. The third-order valence-electron chi connectivity index (χ3n) is 0.717. The number of carboxylic acids is 1. The molecule has 11 heavy (non-hydrogen) atoms. The second-order valence-electron chi connectivity index (χ2n) is 1.68. The van der Waals surface area contributed by atoms with E-state index in [2.05, 4.69) is 4.74 Å². The average molecular weight is 162 g/mol. The van der Waals surface area contributed by atoms with Crippen molar-refractivity contribution in [2.75, 3.05) is 0 Å². The van der Waals surface area contributed by atoms with Crippen LogP contribution < -0.4 is 0 Å². The molecule has 62 valence electrons. The van der Waals surface area contributed by atoms with E-state index in [1.807, 2.05) is 0 Å². The first-order valence-electron chi connectivity index (χ1n) is 2.75. The van der Waals surface area contributed by atoms with Crippen molar-refractivity contribution in [2.45, 2.75) is 13.1 Å². The van der Waals surface area contributed by atoms with Crippen LogP contribution in [0.1, 0.15) is 6.92 Å². The Hall–Kier alpha value is -1.39. The predicted octanol–water partition coefficient (Wildman–Crippen LogP) is 0.486. The molecule has 0 radical (unpaired) electrons. The third-order valence-corrected chi connectivity index (χ3v) is 0.717. The molecule has 0 rings (SSSR count). The Morgan fingerprint density at radius 2 is 2.18 bits per heavy atom. The van der Waals surface area contributed by atoms with Gasteiger partial charge in [0, 0.05) is 6.92 Å². The molecule has 4 nitrogen and oxygen atoms in total. The summed E-state index contributed by atoms with van der Waals surface area (Å²) in [5, 5.41) is 7.98. The molecule has 0 aliphatic heterocycles. The maximum absolute atomic E-state index is 12.1. The van der Waals surface area contributed by atoms with Crippen LogP contribution >= 0.6 is 0 Å². The van der Waals surface area contributed by atoms with E-state index in [4.69, 9.17) is 5.11 Å². The van der Waals surface area contributed by atoms with Gasteiger partial charge in [-0.3, -0.25) is 4.79 Å². The molecule has 0 bridgehead atoms. The number of rotatable bonds is 3. The summed E-state index contributed by atoms with van der Waals surface area (Å²) < 4.78 is 16.2. The Kier molecular flexibility index (Phi) is 3.87. The molecule has 0 aliphatic carbocycles. The van der Waals surface area contributed by atoms with Crippen molar-refractivity contribution in [1.29, 1.82) is 0 Å². The molecular formula is C6H7FO4. The Morgan fingerprint density at radius 1 is 1.64 bits per heavy atom. The zero-order valence-corrected chi connectivity index (χ0v) is 5.78. The molecule has 0 saturated heterocycles. The number of carbonyl (C=O) groups is 2. The molecule has 0 aliphatic rings. The molecule has 0 spiro atoms. The monoisotopic (exact) mass is 162 g/mol. The van der Waals surface area contributed by atoms with Gasteiger partial charge < -0.3 is 9.84 Å². The smallest absolute Gasteiger partial charge is 0.342 e.